The molecule has 32 heavy (non-hydrogen) atoms. The van der Waals surface area contributed by atoms with Gasteiger partial charge in [0, 0.05) is 45.8 Å². The van der Waals surface area contributed by atoms with Crippen molar-refractivity contribution in [2.45, 2.75) is 13.5 Å². The number of carbonyl (C=O) groups is 1. The number of piperazine rings is 1. The molecule has 2 aromatic heterocycles. The van der Waals surface area contributed by atoms with Crippen LogP contribution in [0.1, 0.15) is 21.7 Å². The second kappa shape index (κ2) is 8.91. The molecule has 0 unspecified atom stereocenters. The fourth-order valence-electron chi connectivity index (χ4n) is 3.88. The summed E-state index contributed by atoms with van der Waals surface area (Å²) in [6.45, 7) is 4.92. The molecule has 0 atom stereocenters. The van der Waals surface area contributed by atoms with Gasteiger partial charge in [-0.3, -0.25) is 14.5 Å². The SMILES string of the molecule is CNC(=O)c1nc(OC)ccc1N1CCN(Cc2cc(F)c3nc(C)c(=O)[nH]c3c2)CC1. The maximum atomic E-state index is 14.5. The molecule has 0 radical (unpaired) electrons. The Morgan fingerprint density at radius 3 is 2.66 bits per heavy atom. The summed E-state index contributed by atoms with van der Waals surface area (Å²) >= 11 is 0. The molecular formula is C22H25FN6O3. The van der Waals surface area contributed by atoms with E-state index < -0.39 is 5.82 Å². The first kappa shape index (κ1) is 21.7. The van der Waals surface area contributed by atoms with Gasteiger partial charge in [-0.25, -0.2) is 14.4 Å². The maximum Gasteiger partial charge on any atom is 0.271 e. The van der Waals surface area contributed by atoms with E-state index in [0.717, 1.165) is 24.3 Å². The van der Waals surface area contributed by atoms with Gasteiger partial charge in [0.15, 0.2) is 11.5 Å². The second-order valence-electron chi connectivity index (χ2n) is 7.69. The van der Waals surface area contributed by atoms with Crippen molar-refractivity contribution in [1.82, 2.24) is 25.2 Å². The summed E-state index contributed by atoms with van der Waals surface area (Å²) in [5.74, 6) is -0.340. The number of aromatic nitrogens is 3. The molecule has 0 bridgehead atoms. The van der Waals surface area contributed by atoms with Crippen LogP contribution >= 0.6 is 0 Å². The van der Waals surface area contributed by atoms with Crippen molar-refractivity contribution >= 4 is 22.6 Å². The molecule has 10 heteroatoms. The van der Waals surface area contributed by atoms with Crippen LogP contribution in [0.5, 0.6) is 5.88 Å². The Labute approximate surface area is 184 Å². The molecule has 9 nitrogen and oxygen atoms in total. The molecule has 1 saturated heterocycles. The van der Waals surface area contributed by atoms with Gasteiger partial charge in [-0.1, -0.05) is 0 Å². The number of amides is 1. The molecule has 168 valence electrons. The first-order valence-electron chi connectivity index (χ1n) is 10.3. The number of carbonyl (C=O) groups excluding carboxylic acids is 1. The molecule has 4 rings (SSSR count). The van der Waals surface area contributed by atoms with Crippen molar-refractivity contribution in [3.05, 3.63) is 57.4 Å². The first-order chi connectivity index (χ1) is 15.4. The predicted molar refractivity (Wildman–Crippen MR) is 119 cm³/mol. The number of rotatable bonds is 5. The molecule has 3 heterocycles. The number of methoxy groups -OCH3 is 1. The van der Waals surface area contributed by atoms with Gasteiger partial charge in [-0.05, 0) is 30.7 Å². The fraction of sp³-hybridized carbons (Fsp3) is 0.364. The summed E-state index contributed by atoms with van der Waals surface area (Å²) in [5.41, 5.74) is 2.33. The fourth-order valence-corrected chi connectivity index (χ4v) is 3.88. The third-order valence-corrected chi connectivity index (χ3v) is 5.60. The first-order valence-corrected chi connectivity index (χ1v) is 10.3. The van der Waals surface area contributed by atoms with E-state index in [-0.39, 0.29) is 22.7 Å². The zero-order valence-corrected chi connectivity index (χ0v) is 18.2. The number of halogens is 1. The smallest absolute Gasteiger partial charge is 0.271 e. The van der Waals surface area contributed by atoms with E-state index >= 15 is 0 Å². The quantitative estimate of drug-likeness (QED) is 0.619. The van der Waals surface area contributed by atoms with E-state index in [9.17, 15) is 14.0 Å². The van der Waals surface area contributed by atoms with Gasteiger partial charge in [0.25, 0.3) is 11.5 Å². The number of nitrogens with one attached hydrogen (secondary N) is 2. The molecule has 1 fully saturated rings. The van der Waals surface area contributed by atoms with Gasteiger partial charge >= 0.3 is 0 Å². The lowest BCUT2D eigenvalue weighted by Crippen LogP contribution is -2.46. The van der Waals surface area contributed by atoms with Crippen molar-refractivity contribution < 1.29 is 13.9 Å². The van der Waals surface area contributed by atoms with Crippen LogP contribution < -0.4 is 20.5 Å². The lowest BCUT2D eigenvalue weighted by atomic mass is 10.1. The largest absolute Gasteiger partial charge is 0.481 e. The Morgan fingerprint density at radius 2 is 1.97 bits per heavy atom. The van der Waals surface area contributed by atoms with Crippen molar-refractivity contribution in [3.8, 4) is 5.88 Å². The molecule has 1 aliphatic heterocycles. The number of pyridine rings is 1. The second-order valence-corrected chi connectivity index (χ2v) is 7.69. The number of H-pyrrole nitrogens is 1. The van der Waals surface area contributed by atoms with Gasteiger partial charge in [0.2, 0.25) is 5.88 Å². The number of fused-ring (bicyclic) bond motifs is 1. The van der Waals surface area contributed by atoms with E-state index in [4.69, 9.17) is 4.74 Å². The number of hydrogen-bond donors (Lipinski definition) is 2. The monoisotopic (exact) mass is 440 g/mol. The minimum atomic E-state index is -0.449. The highest BCUT2D eigenvalue weighted by molar-refractivity contribution is 5.97. The number of benzene rings is 1. The zero-order chi connectivity index (χ0) is 22.8. The molecular weight excluding hydrogens is 415 g/mol. The Balaban J connectivity index is 1.49. The van der Waals surface area contributed by atoms with Gasteiger partial charge in [-0.15, -0.1) is 0 Å². The van der Waals surface area contributed by atoms with Crippen LogP contribution in [-0.2, 0) is 6.54 Å². The lowest BCUT2D eigenvalue weighted by molar-refractivity contribution is 0.0957. The van der Waals surface area contributed by atoms with Crippen molar-refractivity contribution in [1.29, 1.82) is 0 Å². The highest BCUT2D eigenvalue weighted by atomic mass is 19.1. The van der Waals surface area contributed by atoms with Crippen LogP contribution in [0, 0.1) is 12.7 Å². The standard InChI is InChI=1S/C22H25FN6O3/c1-13-21(30)26-16-11-14(10-15(23)19(16)25-13)12-28-6-8-29(9-7-28)17-4-5-18(32-3)27-20(17)22(31)24-2/h4-5,10-11H,6-9,12H2,1-3H3,(H,24,31)(H,26,30). The van der Waals surface area contributed by atoms with E-state index in [1.165, 1.54) is 13.2 Å². The number of anilines is 1. The molecule has 0 saturated carbocycles. The van der Waals surface area contributed by atoms with Crippen LogP contribution in [0.4, 0.5) is 10.1 Å². The summed E-state index contributed by atoms with van der Waals surface area (Å²) in [5, 5.41) is 2.62. The van der Waals surface area contributed by atoms with E-state index in [2.05, 4.69) is 30.1 Å². The van der Waals surface area contributed by atoms with Crippen LogP contribution in [0.3, 0.4) is 0 Å². The van der Waals surface area contributed by atoms with Crippen LogP contribution in [0.15, 0.2) is 29.1 Å². The molecule has 2 N–H and O–H groups in total. The van der Waals surface area contributed by atoms with Crippen molar-refractivity contribution in [2.24, 2.45) is 0 Å². The summed E-state index contributed by atoms with van der Waals surface area (Å²) in [7, 11) is 3.08. The highest BCUT2D eigenvalue weighted by Crippen LogP contribution is 2.24. The van der Waals surface area contributed by atoms with Crippen LogP contribution in [0.2, 0.25) is 0 Å². The van der Waals surface area contributed by atoms with E-state index in [1.54, 1.807) is 26.1 Å². The number of aryl methyl sites for hydroxylation is 1. The predicted octanol–water partition coefficient (Wildman–Crippen LogP) is 1.46. The number of nitrogens with zero attached hydrogens (tertiary/aromatic N) is 4. The van der Waals surface area contributed by atoms with Gasteiger partial charge in [-0.2, -0.15) is 0 Å². The van der Waals surface area contributed by atoms with Gasteiger partial charge in [0.1, 0.15) is 11.2 Å². The average molecular weight is 440 g/mol. The van der Waals surface area contributed by atoms with Crippen molar-refractivity contribution in [3.63, 3.8) is 0 Å². The lowest BCUT2D eigenvalue weighted by Gasteiger charge is -2.36. The molecule has 0 spiro atoms. The van der Waals surface area contributed by atoms with Crippen molar-refractivity contribution in [2.75, 3.05) is 45.2 Å². The number of ether oxygens (including phenoxy) is 1. The third-order valence-electron chi connectivity index (χ3n) is 5.60. The number of hydrogen-bond acceptors (Lipinski definition) is 7. The minimum absolute atomic E-state index is 0.171. The van der Waals surface area contributed by atoms with E-state index in [0.29, 0.717) is 36.7 Å². The zero-order valence-electron chi connectivity index (χ0n) is 18.2. The topological polar surface area (TPSA) is 103 Å². The Kier molecular flexibility index (Phi) is 6.04. The van der Waals surface area contributed by atoms with Crippen LogP contribution in [-0.4, -0.2) is 66.1 Å². The Hall–Kier alpha value is -3.53. The van der Waals surface area contributed by atoms with E-state index in [1.807, 2.05) is 6.07 Å². The summed E-state index contributed by atoms with van der Waals surface area (Å²) in [6.07, 6.45) is 0. The summed E-state index contributed by atoms with van der Waals surface area (Å²) in [6, 6.07) is 6.82. The highest BCUT2D eigenvalue weighted by Gasteiger charge is 2.23. The minimum Gasteiger partial charge on any atom is -0.481 e. The molecule has 0 aliphatic carbocycles. The third kappa shape index (κ3) is 4.26. The Bertz CT molecular complexity index is 1220. The number of aromatic amines is 1. The molecule has 3 aromatic rings. The maximum absolute atomic E-state index is 14.5. The normalized spacial score (nSPS) is 14.6. The molecule has 1 aliphatic rings. The summed E-state index contributed by atoms with van der Waals surface area (Å²) in [4.78, 5) is 39.5. The van der Waals surface area contributed by atoms with Gasteiger partial charge < -0.3 is 19.9 Å². The molecule has 1 amide bonds. The average Bonchev–Trinajstić information content (AvgIpc) is 2.80. The summed E-state index contributed by atoms with van der Waals surface area (Å²) < 4.78 is 19.7. The van der Waals surface area contributed by atoms with Gasteiger partial charge in [0.05, 0.1) is 18.3 Å². The Morgan fingerprint density at radius 1 is 1.22 bits per heavy atom. The molecule has 1 aromatic carbocycles. The van der Waals surface area contributed by atoms with Crippen LogP contribution in [0.25, 0.3) is 11.0 Å².